The number of hydrogen-bond acceptors (Lipinski definition) is 3. The van der Waals surface area contributed by atoms with Gasteiger partial charge in [-0.15, -0.1) is 11.6 Å². The summed E-state index contributed by atoms with van der Waals surface area (Å²) < 4.78 is 25.5. The Balaban J connectivity index is 3.15. The van der Waals surface area contributed by atoms with E-state index in [4.69, 9.17) is 11.6 Å². The first kappa shape index (κ1) is 15.3. The highest BCUT2D eigenvalue weighted by Crippen LogP contribution is 2.24. The van der Waals surface area contributed by atoms with Gasteiger partial charge in [0, 0.05) is 26.0 Å². The van der Waals surface area contributed by atoms with Crippen molar-refractivity contribution in [3.8, 4) is 0 Å². The van der Waals surface area contributed by atoms with Crippen molar-refractivity contribution in [2.75, 3.05) is 25.3 Å². The van der Waals surface area contributed by atoms with Crippen LogP contribution < -0.4 is 5.32 Å². The Bertz CT molecular complexity index is 485. The highest BCUT2D eigenvalue weighted by molar-refractivity contribution is 7.89. The molecule has 0 bridgehead atoms. The van der Waals surface area contributed by atoms with Crippen molar-refractivity contribution < 1.29 is 8.42 Å². The molecule has 0 amide bonds. The Morgan fingerprint density at radius 2 is 1.94 bits per heavy atom. The number of rotatable bonds is 6. The topological polar surface area (TPSA) is 49.4 Å². The first-order chi connectivity index (χ1) is 8.43. The second kappa shape index (κ2) is 6.41. The Hall–Kier alpha value is -0.780. The second-order valence-electron chi connectivity index (χ2n) is 4.19. The Kier molecular flexibility index (Phi) is 5.44. The van der Waals surface area contributed by atoms with Crippen LogP contribution in [0, 0.1) is 0 Å². The smallest absolute Gasteiger partial charge is 0.244 e. The third kappa shape index (κ3) is 3.37. The Labute approximate surface area is 114 Å². The quantitative estimate of drug-likeness (QED) is 0.818. The number of benzene rings is 1. The lowest BCUT2D eigenvalue weighted by Gasteiger charge is -2.20. The molecule has 1 aromatic rings. The van der Waals surface area contributed by atoms with E-state index in [0.717, 1.165) is 6.42 Å². The number of hydrogen-bond donors (Lipinski definition) is 1. The molecular weight excluding hydrogens is 272 g/mol. The van der Waals surface area contributed by atoms with Gasteiger partial charge in [-0.1, -0.05) is 19.1 Å². The summed E-state index contributed by atoms with van der Waals surface area (Å²) in [6.07, 6.45) is 0.833. The van der Waals surface area contributed by atoms with Crippen LogP contribution in [0.4, 0.5) is 5.69 Å². The minimum atomic E-state index is -3.44. The van der Waals surface area contributed by atoms with Crippen LogP contribution in [0.2, 0.25) is 0 Å². The van der Waals surface area contributed by atoms with E-state index in [1.54, 1.807) is 24.3 Å². The molecule has 102 valence electrons. The number of anilines is 1. The molecule has 0 aliphatic carbocycles. The fourth-order valence-electron chi connectivity index (χ4n) is 1.48. The average Bonchev–Trinajstić information content (AvgIpc) is 2.36. The van der Waals surface area contributed by atoms with E-state index < -0.39 is 10.0 Å². The molecule has 1 rings (SSSR count). The summed E-state index contributed by atoms with van der Waals surface area (Å²) in [6.45, 7) is 2.00. The van der Waals surface area contributed by atoms with E-state index in [1.165, 1.54) is 18.4 Å². The summed E-state index contributed by atoms with van der Waals surface area (Å²) in [5, 5.41) is 3.17. The SMILES string of the molecule is CCC(CCl)Nc1ccccc1S(=O)(=O)N(C)C. The van der Waals surface area contributed by atoms with Gasteiger partial charge in [0.25, 0.3) is 0 Å². The molecule has 0 aliphatic rings. The van der Waals surface area contributed by atoms with E-state index in [-0.39, 0.29) is 10.9 Å². The largest absolute Gasteiger partial charge is 0.380 e. The average molecular weight is 291 g/mol. The summed E-state index contributed by atoms with van der Waals surface area (Å²) in [7, 11) is -0.404. The van der Waals surface area contributed by atoms with Gasteiger partial charge < -0.3 is 5.32 Å². The number of halogens is 1. The molecular formula is C12H19ClN2O2S. The molecule has 0 fully saturated rings. The highest BCUT2D eigenvalue weighted by Gasteiger charge is 2.21. The Morgan fingerprint density at radius 3 is 2.44 bits per heavy atom. The van der Waals surface area contributed by atoms with Crippen molar-refractivity contribution in [2.24, 2.45) is 0 Å². The highest BCUT2D eigenvalue weighted by atomic mass is 35.5. The first-order valence-corrected chi connectivity index (χ1v) is 7.75. The van der Waals surface area contributed by atoms with Gasteiger partial charge in [0.15, 0.2) is 0 Å². The third-order valence-electron chi connectivity index (χ3n) is 2.68. The van der Waals surface area contributed by atoms with Crippen LogP contribution in [0.5, 0.6) is 0 Å². The molecule has 4 nitrogen and oxygen atoms in total. The van der Waals surface area contributed by atoms with E-state index in [0.29, 0.717) is 11.6 Å². The number of nitrogens with one attached hydrogen (secondary N) is 1. The minimum Gasteiger partial charge on any atom is -0.380 e. The lowest BCUT2D eigenvalue weighted by Crippen LogP contribution is -2.26. The summed E-state index contributed by atoms with van der Waals surface area (Å²) in [6, 6.07) is 6.93. The maximum Gasteiger partial charge on any atom is 0.244 e. The van der Waals surface area contributed by atoms with Crippen molar-refractivity contribution in [1.82, 2.24) is 4.31 Å². The molecule has 0 aromatic heterocycles. The minimum absolute atomic E-state index is 0.0604. The molecule has 1 N–H and O–H groups in total. The fourth-order valence-corrected chi connectivity index (χ4v) is 2.82. The normalized spacial score (nSPS) is 13.6. The molecule has 18 heavy (non-hydrogen) atoms. The van der Waals surface area contributed by atoms with Gasteiger partial charge in [0.05, 0.1) is 5.69 Å². The predicted octanol–water partition coefficient (Wildman–Crippen LogP) is 2.37. The van der Waals surface area contributed by atoms with Gasteiger partial charge in [-0.25, -0.2) is 12.7 Å². The molecule has 0 spiro atoms. The lowest BCUT2D eigenvalue weighted by molar-refractivity contribution is 0.521. The summed E-state index contributed by atoms with van der Waals surface area (Å²) in [5.74, 6) is 0.437. The molecule has 0 saturated carbocycles. The summed E-state index contributed by atoms with van der Waals surface area (Å²) >= 11 is 5.82. The van der Waals surface area contributed by atoms with E-state index >= 15 is 0 Å². The molecule has 0 heterocycles. The number of para-hydroxylation sites is 1. The number of alkyl halides is 1. The number of nitrogens with zero attached hydrogens (tertiary/aromatic N) is 1. The van der Waals surface area contributed by atoms with Gasteiger partial charge in [-0.05, 0) is 18.6 Å². The molecule has 0 aliphatic heterocycles. The molecule has 1 unspecified atom stereocenters. The maximum absolute atomic E-state index is 12.2. The van der Waals surface area contributed by atoms with Gasteiger partial charge in [-0.2, -0.15) is 0 Å². The summed E-state index contributed by atoms with van der Waals surface area (Å²) in [5.41, 5.74) is 0.596. The first-order valence-electron chi connectivity index (χ1n) is 5.77. The monoisotopic (exact) mass is 290 g/mol. The molecule has 1 aromatic carbocycles. The van der Waals surface area contributed by atoms with E-state index in [2.05, 4.69) is 5.32 Å². The van der Waals surface area contributed by atoms with Crippen molar-refractivity contribution >= 4 is 27.3 Å². The summed E-state index contributed by atoms with van der Waals surface area (Å²) in [4.78, 5) is 0.276. The van der Waals surface area contributed by atoms with Crippen LogP contribution in [-0.4, -0.2) is 38.7 Å². The van der Waals surface area contributed by atoms with Crippen molar-refractivity contribution in [3.63, 3.8) is 0 Å². The van der Waals surface area contributed by atoms with Gasteiger partial charge in [0.1, 0.15) is 4.90 Å². The Morgan fingerprint density at radius 1 is 1.33 bits per heavy atom. The third-order valence-corrected chi connectivity index (χ3v) is 4.93. The van der Waals surface area contributed by atoms with Crippen LogP contribution in [0.1, 0.15) is 13.3 Å². The van der Waals surface area contributed by atoms with Crippen molar-refractivity contribution in [2.45, 2.75) is 24.3 Å². The molecule has 0 saturated heterocycles. The van der Waals surface area contributed by atoms with Gasteiger partial charge in [-0.3, -0.25) is 0 Å². The van der Waals surface area contributed by atoms with Crippen LogP contribution in [-0.2, 0) is 10.0 Å². The van der Waals surface area contributed by atoms with Crippen molar-refractivity contribution in [3.05, 3.63) is 24.3 Å². The van der Waals surface area contributed by atoms with E-state index in [9.17, 15) is 8.42 Å². The standard InChI is InChI=1S/C12H19ClN2O2S/c1-4-10(9-13)14-11-7-5-6-8-12(11)18(16,17)15(2)3/h5-8,10,14H,4,9H2,1-3H3. The predicted molar refractivity (Wildman–Crippen MR) is 75.7 cm³/mol. The van der Waals surface area contributed by atoms with Crippen LogP contribution >= 0.6 is 11.6 Å². The van der Waals surface area contributed by atoms with Crippen molar-refractivity contribution in [1.29, 1.82) is 0 Å². The maximum atomic E-state index is 12.2. The second-order valence-corrected chi connectivity index (χ2v) is 6.62. The molecule has 0 radical (unpaired) electrons. The van der Waals surface area contributed by atoms with E-state index in [1.807, 2.05) is 6.92 Å². The van der Waals surface area contributed by atoms with Crippen LogP contribution in [0.25, 0.3) is 0 Å². The zero-order valence-electron chi connectivity index (χ0n) is 10.9. The van der Waals surface area contributed by atoms with Gasteiger partial charge >= 0.3 is 0 Å². The molecule has 1 atom stereocenters. The van der Waals surface area contributed by atoms with Crippen LogP contribution in [0.3, 0.4) is 0 Å². The zero-order chi connectivity index (χ0) is 13.8. The lowest BCUT2D eigenvalue weighted by atomic mass is 10.2. The fraction of sp³-hybridized carbons (Fsp3) is 0.500. The molecule has 6 heteroatoms. The van der Waals surface area contributed by atoms with Gasteiger partial charge in [0.2, 0.25) is 10.0 Å². The van der Waals surface area contributed by atoms with Crippen LogP contribution in [0.15, 0.2) is 29.2 Å². The number of sulfonamides is 1. The zero-order valence-corrected chi connectivity index (χ0v) is 12.4.